The first-order chi connectivity index (χ1) is 16.1. The van der Waals surface area contributed by atoms with E-state index in [1.165, 1.54) is 39.0 Å². The lowest BCUT2D eigenvalue weighted by Crippen LogP contribution is -2.44. The summed E-state index contributed by atoms with van der Waals surface area (Å²) in [5.41, 5.74) is 4.61. The van der Waals surface area contributed by atoms with Crippen LogP contribution in [0.25, 0.3) is 0 Å². The van der Waals surface area contributed by atoms with E-state index < -0.39 is 41.2 Å². The van der Waals surface area contributed by atoms with Crippen molar-refractivity contribution in [1.82, 2.24) is 4.98 Å². The highest BCUT2D eigenvalue weighted by Crippen LogP contribution is 2.48. The Morgan fingerprint density at radius 2 is 1.97 bits per heavy atom. The van der Waals surface area contributed by atoms with Crippen molar-refractivity contribution < 1.29 is 35.9 Å². The van der Waals surface area contributed by atoms with Gasteiger partial charge in [0.25, 0.3) is 12.3 Å². The fraction of sp³-hybridized carbons (Fsp3) is 0.409. The van der Waals surface area contributed by atoms with Gasteiger partial charge in [-0.1, -0.05) is 11.8 Å². The van der Waals surface area contributed by atoms with Crippen molar-refractivity contribution in [2.24, 2.45) is 10.7 Å². The van der Waals surface area contributed by atoms with E-state index in [4.69, 9.17) is 5.73 Å². The number of carbonyl (C=O) groups excluding carboxylic acids is 1. The number of anilines is 1. The number of carbonyl (C=O) groups is 1. The topological polar surface area (TPSA) is 89.6 Å². The van der Waals surface area contributed by atoms with Crippen LogP contribution in [-0.4, -0.2) is 40.0 Å². The molecule has 2 atom stereocenters. The molecule has 0 spiro atoms. The van der Waals surface area contributed by atoms with E-state index in [1.807, 2.05) is 0 Å². The zero-order chi connectivity index (χ0) is 26.2. The molecule has 0 aliphatic carbocycles. The van der Waals surface area contributed by atoms with E-state index in [0.717, 1.165) is 24.0 Å². The summed E-state index contributed by atoms with van der Waals surface area (Å²) in [4.78, 5) is 20.8. The van der Waals surface area contributed by atoms with E-state index in [-0.39, 0.29) is 39.8 Å². The fourth-order valence-electron chi connectivity index (χ4n) is 3.78. The van der Waals surface area contributed by atoms with Crippen molar-refractivity contribution in [3.63, 3.8) is 0 Å². The Morgan fingerprint density at radius 1 is 1.29 bits per heavy atom. The number of thioether (sulfide) groups is 1. The molecular weight excluding hydrogens is 498 g/mol. The number of hydrogen-bond acceptors (Lipinski definition) is 6. The van der Waals surface area contributed by atoms with Crippen LogP contribution in [0, 0.1) is 12.7 Å². The highest BCUT2D eigenvalue weighted by molar-refractivity contribution is 8.15. The first-order valence-corrected chi connectivity index (χ1v) is 11.0. The Bertz CT molecular complexity index is 1160. The number of hydrogen-bond donors (Lipinski definition) is 2. The second-order valence-corrected chi connectivity index (χ2v) is 10.1. The van der Waals surface area contributed by atoms with Gasteiger partial charge < -0.3 is 15.8 Å². The minimum Gasteiger partial charge on any atom is -0.482 e. The Balaban J connectivity index is 1.84. The maximum atomic E-state index is 14.8. The maximum absolute atomic E-state index is 14.8. The number of pyridine rings is 1. The third-order valence-corrected chi connectivity index (χ3v) is 6.42. The SMILES string of the molecule is Cc1cc(OCC(F)(F)F)cnc1C(=O)Nc1ccc(F)c([C@]2(C)C[C@](C)(C(F)F)SC(N)=N2)c1. The van der Waals surface area contributed by atoms with Crippen LogP contribution < -0.4 is 15.8 Å². The summed E-state index contributed by atoms with van der Waals surface area (Å²) in [7, 11) is 0. The van der Waals surface area contributed by atoms with Gasteiger partial charge in [0.2, 0.25) is 0 Å². The summed E-state index contributed by atoms with van der Waals surface area (Å²) in [6.07, 6.45) is -6.51. The molecule has 6 nitrogen and oxygen atoms in total. The Kier molecular flexibility index (Phi) is 7.30. The number of nitrogens with zero attached hydrogens (tertiary/aromatic N) is 2. The number of amidine groups is 1. The second kappa shape index (κ2) is 9.59. The van der Waals surface area contributed by atoms with Crippen molar-refractivity contribution in [2.45, 2.75) is 50.1 Å². The molecule has 2 heterocycles. The van der Waals surface area contributed by atoms with E-state index in [9.17, 15) is 31.1 Å². The number of nitrogens with one attached hydrogen (secondary N) is 1. The lowest BCUT2D eigenvalue weighted by Gasteiger charge is -2.40. The average molecular weight is 520 g/mol. The summed E-state index contributed by atoms with van der Waals surface area (Å²) < 4.78 is 82.2. The molecule has 2 aromatic rings. The fourth-order valence-corrected chi connectivity index (χ4v) is 4.95. The minimum atomic E-state index is -4.53. The van der Waals surface area contributed by atoms with Crippen LogP contribution in [0.3, 0.4) is 0 Å². The summed E-state index contributed by atoms with van der Waals surface area (Å²) in [5.74, 6) is -1.60. The molecule has 0 bridgehead atoms. The van der Waals surface area contributed by atoms with Crippen molar-refractivity contribution in [2.75, 3.05) is 11.9 Å². The van der Waals surface area contributed by atoms with Crippen LogP contribution in [-0.2, 0) is 5.54 Å². The van der Waals surface area contributed by atoms with E-state index in [2.05, 4.69) is 20.0 Å². The number of halogens is 6. The molecule has 1 aliphatic rings. The molecule has 1 amide bonds. The van der Waals surface area contributed by atoms with Crippen molar-refractivity contribution in [3.05, 3.63) is 53.1 Å². The van der Waals surface area contributed by atoms with Gasteiger partial charge in [0.05, 0.1) is 16.5 Å². The third kappa shape index (κ3) is 6.19. The minimum absolute atomic E-state index is 0.0361. The molecule has 1 aliphatic heterocycles. The van der Waals surface area contributed by atoms with Gasteiger partial charge in [0, 0.05) is 11.3 Å². The standard InChI is InChI=1S/C22H22F6N4O2S/c1-11-6-13(34-10-22(26,27)28)8-30-16(11)17(33)31-12-4-5-15(23)14(7-12)20(2)9-21(3,18(24)25)35-19(29)32-20/h4-8,18H,9-10H2,1-3H3,(H2,29,32)(H,31,33)/t20-,21+/m0/s1. The van der Waals surface area contributed by atoms with Crippen LogP contribution in [0.15, 0.2) is 35.5 Å². The van der Waals surface area contributed by atoms with Gasteiger partial charge in [-0.25, -0.2) is 18.2 Å². The van der Waals surface area contributed by atoms with Gasteiger partial charge in [-0.05, 0) is 57.0 Å². The number of aliphatic imine (C=N–C) groups is 1. The maximum Gasteiger partial charge on any atom is 0.422 e. The van der Waals surface area contributed by atoms with Crippen LogP contribution in [0.1, 0.15) is 41.9 Å². The number of benzene rings is 1. The molecule has 3 rings (SSSR count). The number of nitrogens with two attached hydrogens (primary N) is 1. The van der Waals surface area contributed by atoms with E-state index in [1.54, 1.807) is 0 Å². The molecule has 35 heavy (non-hydrogen) atoms. The van der Waals surface area contributed by atoms with Crippen LogP contribution in [0.2, 0.25) is 0 Å². The Morgan fingerprint density at radius 3 is 2.57 bits per heavy atom. The van der Waals surface area contributed by atoms with Crippen molar-refractivity contribution in [1.29, 1.82) is 0 Å². The smallest absolute Gasteiger partial charge is 0.422 e. The molecule has 1 aromatic heterocycles. The molecular formula is C22H22F6N4O2S. The predicted octanol–water partition coefficient (Wildman–Crippen LogP) is 5.41. The Hall–Kier alpha value is -2.96. The molecule has 0 unspecified atom stereocenters. The largest absolute Gasteiger partial charge is 0.482 e. The van der Waals surface area contributed by atoms with Crippen LogP contribution >= 0.6 is 11.8 Å². The molecule has 0 radical (unpaired) electrons. The molecule has 3 N–H and O–H groups in total. The average Bonchev–Trinajstić information content (AvgIpc) is 2.72. The lowest BCUT2D eigenvalue weighted by atomic mass is 9.83. The van der Waals surface area contributed by atoms with Gasteiger partial charge in [-0.2, -0.15) is 13.2 Å². The summed E-state index contributed by atoms with van der Waals surface area (Å²) >= 11 is 0.724. The number of alkyl halides is 5. The predicted molar refractivity (Wildman–Crippen MR) is 120 cm³/mol. The highest BCUT2D eigenvalue weighted by atomic mass is 32.2. The zero-order valence-electron chi connectivity index (χ0n) is 18.8. The number of aryl methyl sites for hydroxylation is 1. The quantitative estimate of drug-likeness (QED) is 0.497. The summed E-state index contributed by atoms with van der Waals surface area (Å²) in [6, 6.07) is 4.85. The summed E-state index contributed by atoms with van der Waals surface area (Å²) in [6.45, 7) is 2.76. The molecule has 0 saturated heterocycles. The normalized spacial score (nSPS) is 22.6. The van der Waals surface area contributed by atoms with Gasteiger partial charge in [0.1, 0.15) is 17.3 Å². The number of ether oxygens (including phenoxy) is 1. The molecule has 1 aromatic carbocycles. The third-order valence-electron chi connectivity index (χ3n) is 5.33. The molecule has 13 heteroatoms. The van der Waals surface area contributed by atoms with Gasteiger partial charge in [-0.15, -0.1) is 0 Å². The molecule has 0 saturated carbocycles. The van der Waals surface area contributed by atoms with Crippen LogP contribution in [0.4, 0.5) is 32.0 Å². The van der Waals surface area contributed by atoms with E-state index >= 15 is 0 Å². The van der Waals surface area contributed by atoms with Gasteiger partial charge in [-0.3, -0.25) is 9.79 Å². The van der Waals surface area contributed by atoms with E-state index in [0.29, 0.717) is 0 Å². The second-order valence-electron chi connectivity index (χ2n) is 8.51. The van der Waals surface area contributed by atoms with Crippen molar-refractivity contribution in [3.8, 4) is 5.75 Å². The number of aromatic nitrogens is 1. The summed E-state index contributed by atoms with van der Waals surface area (Å²) in [5, 5.41) is 2.42. The monoisotopic (exact) mass is 520 g/mol. The van der Waals surface area contributed by atoms with Gasteiger partial charge >= 0.3 is 6.18 Å². The lowest BCUT2D eigenvalue weighted by molar-refractivity contribution is -0.153. The van der Waals surface area contributed by atoms with Crippen molar-refractivity contribution >= 4 is 28.5 Å². The highest BCUT2D eigenvalue weighted by Gasteiger charge is 2.48. The first kappa shape index (κ1) is 26.6. The van der Waals surface area contributed by atoms with Gasteiger partial charge in [0.15, 0.2) is 11.8 Å². The molecule has 190 valence electrons. The number of amides is 1. The first-order valence-electron chi connectivity index (χ1n) is 10.2. The molecule has 0 fully saturated rings. The Labute approximate surface area is 201 Å². The van der Waals surface area contributed by atoms with Crippen LogP contribution in [0.5, 0.6) is 5.75 Å². The zero-order valence-corrected chi connectivity index (χ0v) is 19.7. The number of rotatable bonds is 6.